The van der Waals surface area contributed by atoms with E-state index in [0.29, 0.717) is 25.7 Å². The molecule has 0 fully saturated rings. The molecular weight excluding hydrogens is 396 g/mol. The Hall–Kier alpha value is -0.260. The van der Waals surface area contributed by atoms with Crippen molar-refractivity contribution in [3.8, 4) is 0 Å². The summed E-state index contributed by atoms with van der Waals surface area (Å²) in [6, 6.07) is 0. The molecule has 0 rings (SSSR count). The van der Waals surface area contributed by atoms with Gasteiger partial charge in [-0.25, -0.2) is 0 Å². The Kier molecular flexibility index (Phi) is 25.7. The van der Waals surface area contributed by atoms with E-state index in [2.05, 4.69) is 0 Å². The van der Waals surface area contributed by atoms with Crippen LogP contribution >= 0.6 is 0 Å². The van der Waals surface area contributed by atoms with Crippen molar-refractivity contribution in [2.75, 3.05) is 25.7 Å². The fraction of sp³-hybridized carbons (Fsp3) is 1.00. The maximum absolute atomic E-state index is 9.19. The molecule has 10 heteroatoms. The maximum atomic E-state index is 9.19. The number of aliphatic hydroxyl groups excluding tert-OH is 2. The molecule has 0 aliphatic rings. The van der Waals surface area contributed by atoms with Gasteiger partial charge < -0.3 is 10.2 Å². The first-order valence-electron chi connectivity index (χ1n) is 9.48. The van der Waals surface area contributed by atoms with Crippen molar-refractivity contribution in [2.45, 2.75) is 83.5 Å². The topological polar surface area (TPSA) is 149 Å². The summed E-state index contributed by atoms with van der Waals surface area (Å²) >= 11 is 0. The second-order valence-corrected chi connectivity index (χ2v) is 9.44. The molecule has 4 N–H and O–H groups in total. The highest BCUT2D eigenvalue weighted by Gasteiger charge is 1.93. The van der Waals surface area contributed by atoms with Gasteiger partial charge in [0.05, 0.1) is 12.5 Å². The quantitative estimate of drug-likeness (QED) is 0.240. The second-order valence-electron chi connectivity index (χ2n) is 6.51. The Morgan fingerprint density at radius 2 is 0.556 bits per heavy atom. The Balaban J connectivity index is -0.000000471. The predicted octanol–water partition coefficient (Wildman–Crippen LogP) is 3.05. The van der Waals surface area contributed by atoms with Crippen LogP contribution in [-0.2, 0) is 20.2 Å². The normalized spacial score (nSPS) is 11.2. The molecule has 0 aromatic heterocycles. The van der Waals surface area contributed by atoms with Gasteiger partial charge in [0.15, 0.2) is 0 Å². The zero-order chi connectivity index (χ0) is 21.6. The van der Waals surface area contributed by atoms with E-state index in [4.69, 9.17) is 19.3 Å². The van der Waals surface area contributed by atoms with Crippen LogP contribution in [0.1, 0.15) is 83.5 Å². The van der Waals surface area contributed by atoms with Crippen molar-refractivity contribution in [1.29, 1.82) is 0 Å². The van der Waals surface area contributed by atoms with Crippen LogP contribution in [0, 0.1) is 0 Å². The summed E-state index contributed by atoms with van der Waals surface area (Å²) in [6.45, 7) is 0.715. The minimum atomic E-state index is -3.67. The highest BCUT2D eigenvalue weighted by Crippen LogP contribution is 2.12. The lowest BCUT2D eigenvalue weighted by Crippen LogP contribution is -1.88. The molecule has 0 saturated carbocycles. The predicted molar refractivity (Wildman–Crippen MR) is 109 cm³/mol. The Morgan fingerprint density at radius 1 is 0.444 bits per heavy atom. The summed E-state index contributed by atoms with van der Waals surface area (Å²) < 4.78 is 51.7. The van der Waals surface area contributed by atoms with Crippen molar-refractivity contribution < 1.29 is 36.2 Å². The van der Waals surface area contributed by atoms with Crippen molar-refractivity contribution in [1.82, 2.24) is 0 Å². The standard InChI is InChI=1S/C15H32O2.2CH4O3S/c16-14-12-10-8-6-4-2-1-3-5-7-9-11-13-15-17;2*1-5(2,3)4/h16-17H,1-15H2;2*1H3,(H,2,3,4). The summed E-state index contributed by atoms with van der Waals surface area (Å²) in [5, 5.41) is 17.3. The zero-order valence-corrected chi connectivity index (χ0v) is 18.5. The first-order valence-corrected chi connectivity index (χ1v) is 13.2. The SMILES string of the molecule is CS(=O)(=O)O.CS(=O)(=O)O.OCCCCCCCCCCCCCCCO. The number of hydrogen-bond donors (Lipinski definition) is 4. The minimum Gasteiger partial charge on any atom is -0.396 e. The molecule has 0 aromatic rings. The molecule has 27 heavy (non-hydrogen) atoms. The van der Waals surface area contributed by atoms with Crippen LogP contribution in [0.25, 0.3) is 0 Å². The lowest BCUT2D eigenvalue weighted by Gasteiger charge is -2.02. The van der Waals surface area contributed by atoms with Gasteiger partial charge in [-0.3, -0.25) is 9.11 Å². The molecule has 0 radical (unpaired) electrons. The summed E-state index contributed by atoms with van der Waals surface area (Å²) in [4.78, 5) is 0. The van der Waals surface area contributed by atoms with Crippen molar-refractivity contribution in [3.05, 3.63) is 0 Å². The molecule has 8 nitrogen and oxygen atoms in total. The average Bonchev–Trinajstić information content (AvgIpc) is 2.49. The minimum absolute atomic E-state index is 0.357. The van der Waals surface area contributed by atoms with E-state index >= 15 is 0 Å². The third-order valence-electron chi connectivity index (χ3n) is 3.32. The van der Waals surface area contributed by atoms with Crippen LogP contribution in [0.4, 0.5) is 0 Å². The fourth-order valence-corrected chi connectivity index (χ4v) is 2.17. The van der Waals surface area contributed by atoms with E-state index in [1.54, 1.807) is 0 Å². The highest BCUT2D eigenvalue weighted by molar-refractivity contribution is 7.85. The molecule has 0 aromatic carbocycles. The molecule has 0 saturated heterocycles. The summed E-state index contributed by atoms with van der Waals surface area (Å²) in [6.07, 6.45) is 18.0. The number of aliphatic hydroxyl groups is 2. The Bertz CT molecular complexity index is 415. The molecular formula is C17H40O8S2. The smallest absolute Gasteiger partial charge is 0.261 e. The molecule has 0 bridgehead atoms. The fourth-order valence-electron chi connectivity index (χ4n) is 2.17. The zero-order valence-electron chi connectivity index (χ0n) is 16.8. The number of rotatable bonds is 14. The summed E-state index contributed by atoms with van der Waals surface area (Å²) in [5.74, 6) is 0. The lowest BCUT2D eigenvalue weighted by molar-refractivity contribution is 0.282. The molecule has 0 heterocycles. The van der Waals surface area contributed by atoms with Gasteiger partial charge in [0, 0.05) is 13.2 Å². The van der Waals surface area contributed by atoms with E-state index in [-0.39, 0.29) is 0 Å². The number of hydrogen-bond acceptors (Lipinski definition) is 6. The molecule has 0 aliphatic heterocycles. The monoisotopic (exact) mass is 436 g/mol. The van der Waals surface area contributed by atoms with Crippen molar-refractivity contribution >= 4 is 20.2 Å². The maximum Gasteiger partial charge on any atom is 0.261 e. The summed E-state index contributed by atoms with van der Waals surface area (Å²) in [5.41, 5.74) is 0. The van der Waals surface area contributed by atoms with Crippen molar-refractivity contribution in [2.24, 2.45) is 0 Å². The molecule has 0 amide bonds. The second kappa shape index (κ2) is 22.0. The summed E-state index contributed by atoms with van der Waals surface area (Å²) in [7, 11) is -7.33. The molecule has 0 unspecified atom stereocenters. The molecule has 0 spiro atoms. The van der Waals surface area contributed by atoms with Crippen molar-refractivity contribution in [3.63, 3.8) is 0 Å². The first-order chi connectivity index (χ1) is 12.4. The third kappa shape index (κ3) is 76.8. The van der Waals surface area contributed by atoms with Crippen LogP contribution in [0.2, 0.25) is 0 Å². The van der Waals surface area contributed by atoms with Gasteiger partial charge in [-0.05, 0) is 12.8 Å². The van der Waals surface area contributed by atoms with Gasteiger partial charge >= 0.3 is 0 Å². The van der Waals surface area contributed by atoms with E-state index < -0.39 is 20.2 Å². The Labute approximate surface area is 165 Å². The van der Waals surface area contributed by atoms with Crippen LogP contribution < -0.4 is 0 Å². The van der Waals surface area contributed by atoms with E-state index in [1.165, 1.54) is 70.6 Å². The van der Waals surface area contributed by atoms with Gasteiger partial charge in [0.25, 0.3) is 20.2 Å². The lowest BCUT2D eigenvalue weighted by atomic mass is 10.0. The van der Waals surface area contributed by atoms with Crippen LogP contribution in [-0.4, -0.2) is 61.9 Å². The number of unbranched alkanes of at least 4 members (excludes halogenated alkanes) is 12. The van der Waals surface area contributed by atoms with Crippen LogP contribution in [0.3, 0.4) is 0 Å². The first kappa shape index (κ1) is 31.4. The highest BCUT2D eigenvalue weighted by atomic mass is 32.2. The van der Waals surface area contributed by atoms with Gasteiger partial charge in [-0.2, -0.15) is 16.8 Å². The van der Waals surface area contributed by atoms with Gasteiger partial charge in [0.1, 0.15) is 0 Å². The van der Waals surface area contributed by atoms with Crippen LogP contribution in [0.5, 0.6) is 0 Å². The van der Waals surface area contributed by atoms with Gasteiger partial charge in [0.2, 0.25) is 0 Å². The molecule has 0 atom stereocenters. The van der Waals surface area contributed by atoms with E-state index in [0.717, 1.165) is 12.8 Å². The van der Waals surface area contributed by atoms with Gasteiger partial charge in [-0.1, -0.05) is 70.6 Å². The largest absolute Gasteiger partial charge is 0.396 e. The third-order valence-corrected chi connectivity index (χ3v) is 3.32. The van der Waals surface area contributed by atoms with Gasteiger partial charge in [-0.15, -0.1) is 0 Å². The van der Waals surface area contributed by atoms with E-state index in [1.807, 2.05) is 0 Å². The average molecular weight is 437 g/mol. The van der Waals surface area contributed by atoms with Crippen LogP contribution in [0.15, 0.2) is 0 Å². The molecule has 168 valence electrons. The molecule has 0 aliphatic carbocycles. The Morgan fingerprint density at radius 3 is 0.667 bits per heavy atom. The van der Waals surface area contributed by atoms with E-state index in [9.17, 15) is 16.8 Å².